The number of hydrogen-bond acceptors (Lipinski definition) is 2. The van der Waals surface area contributed by atoms with Gasteiger partial charge in [0.15, 0.2) is 0 Å². The normalized spacial score (nSPS) is 13.2. The van der Waals surface area contributed by atoms with E-state index in [1.807, 2.05) is 31.2 Å². The summed E-state index contributed by atoms with van der Waals surface area (Å²) >= 11 is 0. The average Bonchev–Trinajstić information content (AvgIpc) is 2.42. The summed E-state index contributed by atoms with van der Waals surface area (Å²) < 4.78 is 38.1. The molecule has 0 saturated heterocycles. The Labute approximate surface area is 121 Å². The summed E-state index contributed by atoms with van der Waals surface area (Å²) in [5.41, 5.74) is 5.32. The predicted octanol–water partition coefficient (Wildman–Crippen LogP) is 3.87. The first-order chi connectivity index (χ1) is 9.82. The molecule has 0 amide bonds. The van der Waals surface area contributed by atoms with E-state index in [9.17, 15) is 13.2 Å². The summed E-state index contributed by atoms with van der Waals surface area (Å²) in [7, 11) is 0. The van der Waals surface area contributed by atoms with Gasteiger partial charge in [-0.05, 0) is 42.7 Å². The largest absolute Gasteiger partial charge is 0.416 e. The fraction of sp³-hybridized carbons (Fsp3) is 0.250. The minimum atomic E-state index is -4.33. The molecular formula is C16H17F3N2. The van der Waals surface area contributed by atoms with Crippen LogP contribution in [0.5, 0.6) is 0 Å². The van der Waals surface area contributed by atoms with Gasteiger partial charge in [0.1, 0.15) is 0 Å². The van der Waals surface area contributed by atoms with Gasteiger partial charge < -0.3 is 0 Å². The Morgan fingerprint density at radius 1 is 1.00 bits per heavy atom. The molecule has 0 aromatic heterocycles. The quantitative estimate of drug-likeness (QED) is 0.666. The van der Waals surface area contributed by atoms with E-state index in [0.29, 0.717) is 5.56 Å². The lowest BCUT2D eigenvalue weighted by Crippen LogP contribution is -2.29. The third-order valence-corrected chi connectivity index (χ3v) is 3.49. The second kappa shape index (κ2) is 5.87. The number of aryl methyl sites for hydroxylation is 2. The monoisotopic (exact) mass is 294 g/mol. The number of nitrogens with two attached hydrogens (primary N) is 1. The van der Waals surface area contributed by atoms with Gasteiger partial charge in [-0.2, -0.15) is 13.2 Å². The Hall–Kier alpha value is -1.85. The van der Waals surface area contributed by atoms with Crippen molar-refractivity contribution in [1.29, 1.82) is 0 Å². The van der Waals surface area contributed by atoms with Gasteiger partial charge in [-0.1, -0.05) is 35.9 Å². The third kappa shape index (κ3) is 3.43. The van der Waals surface area contributed by atoms with E-state index < -0.39 is 11.7 Å². The molecule has 0 heterocycles. The van der Waals surface area contributed by atoms with Crippen molar-refractivity contribution in [2.45, 2.75) is 26.1 Å². The van der Waals surface area contributed by atoms with Gasteiger partial charge in [-0.25, -0.2) is 5.43 Å². The number of hydrazine groups is 1. The maximum absolute atomic E-state index is 12.7. The van der Waals surface area contributed by atoms with Crippen LogP contribution in [0.15, 0.2) is 42.5 Å². The Morgan fingerprint density at radius 3 is 2.10 bits per heavy atom. The van der Waals surface area contributed by atoms with Crippen LogP contribution in [0.4, 0.5) is 13.2 Å². The van der Waals surface area contributed by atoms with Crippen molar-refractivity contribution >= 4 is 0 Å². The molecule has 3 N–H and O–H groups in total. The van der Waals surface area contributed by atoms with Crippen molar-refractivity contribution in [2.24, 2.45) is 5.84 Å². The fourth-order valence-corrected chi connectivity index (χ4v) is 2.30. The number of hydrogen-bond donors (Lipinski definition) is 2. The number of alkyl halides is 3. The maximum atomic E-state index is 12.7. The molecule has 0 saturated carbocycles. The van der Waals surface area contributed by atoms with Crippen LogP contribution in [0.2, 0.25) is 0 Å². The molecule has 0 aliphatic heterocycles. The van der Waals surface area contributed by atoms with Crippen LogP contribution >= 0.6 is 0 Å². The molecular weight excluding hydrogens is 277 g/mol. The molecule has 1 atom stereocenters. The Balaban J connectivity index is 2.41. The van der Waals surface area contributed by atoms with Gasteiger partial charge in [-0.15, -0.1) is 0 Å². The average molecular weight is 294 g/mol. The highest BCUT2D eigenvalue weighted by atomic mass is 19.4. The van der Waals surface area contributed by atoms with E-state index in [1.54, 1.807) is 6.92 Å². The summed E-state index contributed by atoms with van der Waals surface area (Å²) in [6.07, 6.45) is -4.33. The molecule has 0 radical (unpaired) electrons. The SMILES string of the molecule is Cc1ccc(C(NN)c2ccc(C(F)(F)F)cc2C)cc1. The number of rotatable bonds is 3. The lowest BCUT2D eigenvalue weighted by molar-refractivity contribution is -0.137. The molecule has 0 spiro atoms. The molecule has 2 aromatic rings. The predicted molar refractivity (Wildman–Crippen MR) is 76.5 cm³/mol. The Morgan fingerprint density at radius 2 is 1.62 bits per heavy atom. The van der Waals surface area contributed by atoms with Crippen molar-refractivity contribution in [2.75, 3.05) is 0 Å². The summed E-state index contributed by atoms with van der Waals surface area (Å²) in [4.78, 5) is 0. The zero-order chi connectivity index (χ0) is 15.6. The van der Waals surface area contributed by atoms with Crippen molar-refractivity contribution in [1.82, 2.24) is 5.43 Å². The topological polar surface area (TPSA) is 38.0 Å². The van der Waals surface area contributed by atoms with Crippen molar-refractivity contribution in [3.05, 3.63) is 70.3 Å². The van der Waals surface area contributed by atoms with Crippen molar-refractivity contribution in [3.63, 3.8) is 0 Å². The summed E-state index contributed by atoms with van der Waals surface area (Å²) in [5, 5.41) is 0. The molecule has 1 unspecified atom stereocenters. The molecule has 0 bridgehead atoms. The summed E-state index contributed by atoms with van der Waals surface area (Å²) in [6, 6.07) is 11.1. The van der Waals surface area contributed by atoms with E-state index in [0.717, 1.165) is 28.8 Å². The minimum absolute atomic E-state index is 0.340. The Kier molecular flexibility index (Phi) is 4.34. The molecule has 21 heavy (non-hydrogen) atoms. The van der Waals surface area contributed by atoms with Crippen molar-refractivity contribution < 1.29 is 13.2 Å². The molecule has 0 aliphatic rings. The summed E-state index contributed by atoms with van der Waals surface area (Å²) in [6.45, 7) is 3.63. The van der Waals surface area contributed by atoms with E-state index in [4.69, 9.17) is 5.84 Å². The maximum Gasteiger partial charge on any atom is 0.416 e. The van der Waals surface area contributed by atoms with Crippen LogP contribution in [0.1, 0.15) is 33.9 Å². The van der Waals surface area contributed by atoms with Crippen LogP contribution < -0.4 is 11.3 Å². The number of benzene rings is 2. The highest BCUT2D eigenvalue weighted by Crippen LogP contribution is 2.32. The van der Waals surface area contributed by atoms with Crippen LogP contribution in [0.3, 0.4) is 0 Å². The molecule has 0 aliphatic carbocycles. The first-order valence-electron chi connectivity index (χ1n) is 6.53. The van der Waals surface area contributed by atoms with E-state index in [1.165, 1.54) is 6.07 Å². The fourth-order valence-electron chi connectivity index (χ4n) is 2.30. The highest BCUT2D eigenvalue weighted by molar-refractivity contribution is 5.40. The first-order valence-corrected chi connectivity index (χ1v) is 6.53. The van der Waals surface area contributed by atoms with E-state index in [-0.39, 0.29) is 6.04 Å². The smallest absolute Gasteiger partial charge is 0.271 e. The van der Waals surface area contributed by atoms with Gasteiger partial charge in [0, 0.05) is 0 Å². The number of halogens is 3. The van der Waals surface area contributed by atoms with Crippen LogP contribution in [-0.2, 0) is 6.18 Å². The number of nitrogens with one attached hydrogen (secondary N) is 1. The second-order valence-electron chi connectivity index (χ2n) is 5.08. The van der Waals surface area contributed by atoms with Gasteiger partial charge >= 0.3 is 6.18 Å². The molecule has 0 fully saturated rings. The van der Waals surface area contributed by atoms with Gasteiger partial charge in [0.25, 0.3) is 0 Å². The molecule has 2 nitrogen and oxygen atoms in total. The van der Waals surface area contributed by atoms with Gasteiger partial charge in [0.05, 0.1) is 11.6 Å². The highest BCUT2D eigenvalue weighted by Gasteiger charge is 2.31. The van der Waals surface area contributed by atoms with Gasteiger partial charge in [-0.3, -0.25) is 5.84 Å². The standard InChI is InChI=1S/C16H17F3N2/c1-10-3-5-12(6-4-10)15(21-20)14-8-7-13(9-11(14)2)16(17,18)19/h3-9,15,21H,20H2,1-2H3. The Bertz CT molecular complexity index is 618. The molecule has 2 aromatic carbocycles. The van der Waals surface area contributed by atoms with Gasteiger partial charge in [0.2, 0.25) is 0 Å². The van der Waals surface area contributed by atoms with E-state index in [2.05, 4.69) is 5.43 Å². The summed E-state index contributed by atoms with van der Waals surface area (Å²) in [5.74, 6) is 5.60. The van der Waals surface area contributed by atoms with E-state index >= 15 is 0 Å². The van der Waals surface area contributed by atoms with Crippen molar-refractivity contribution in [3.8, 4) is 0 Å². The zero-order valence-electron chi connectivity index (χ0n) is 11.8. The van der Waals surface area contributed by atoms with Crippen LogP contribution in [-0.4, -0.2) is 0 Å². The zero-order valence-corrected chi connectivity index (χ0v) is 11.8. The lowest BCUT2D eigenvalue weighted by Gasteiger charge is -2.20. The molecule has 112 valence electrons. The first kappa shape index (κ1) is 15.5. The lowest BCUT2D eigenvalue weighted by atomic mass is 9.93. The molecule has 5 heteroatoms. The third-order valence-electron chi connectivity index (χ3n) is 3.49. The molecule has 2 rings (SSSR count). The van der Waals surface area contributed by atoms with Crippen LogP contribution in [0.25, 0.3) is 0 Å². The second-order valence-corrected chi connectivity index (χ2v) is 5.08. The minimum Gasteiger partial charge on any atom is -0.271 e. The van der Waals surface area contributed by atoms with Crippen LogP contribution in [0, 0.1) is 13.8 Å².